The van der Waals surface area contributed by atoms with Gasteiger partial charge in [0.2, 0.25) is 0 Å². The molecule has 0 aromatic heterocycles. The van der Waals surface area contributed by atoms with Crippen LogP contribution in [0.3, 0.4) is 0 Å². The Morgan fingerprint density at radius 1 is 0.944 bits per heavy atom. The number of aliphatic carboxylic acids is 1. The van der Waals surface area contributed by atoms with Crippen molar-refractivity contribution in [1.29, 1.82) is 5.53 Å². The van der Waals surface area contributed by atoms with Crippen molar-refractivity contribution in [2.24, 2.45) is 0 Å². The average Bonchev–Trinajstić information content (AvgIpc) is 2.41. The average molecular weight is 238 g/mol. The fourth-order valence-electron chi connectivity index (χ4n) is 1.68. The summed E-state index contributed by atoms with van der Waals surface area (Å²) in [4.78, 5) is 13.7. The van der Waals surface area contributed by atoms with Gasteiger partial charge in [-0.2, -0.15) is 0 Å². The van der Waals surface area contributed by atoms with Crippen molar-refractivity contribution in [3.63, 3.8) is 0 Å². The van der Waals surface area contributed by atoms with Crippen LogP contribution in [0.25, 0.3) is 11.1 Å². The zero-order valence-corrected chi connectivity index (χ0v) is 9.46. The number of carbonyl (C=O) groups is 1. The van der Waals surface area contributed by atoms with Gasteiger partial charge in [0.15, 0.2) is 5.97 Å². The van der Waals surface area contributed by atoms with Gasteiger partial charge in [-0.05, 0) is 23.3 Å². The monoisotopic (exact) mass is 238 g/mol. The topological polar surface area (TPSA) is 78.1 Å². The number of carboxylic acids is 1. The van der Waals surface area contributed by atoms with E-state index in [0.717, 1.165) is 11.1 Å². The molecule has 0 unspecified atom stereocenters. The standard InChI is InChI=1S/C14H10N2O2/c15-16-13(14(17)18)12-8-6-11(7-9-12)10-4-2-1-3-5-10/h1-9,15H. The van der Waals surface area contributed by atoms with E-state index in [9.17, 15) is 9.90 Å². The maximum absolute atomic E-state index is 10.7. The first kappa shape index (κ1) is 11.8. The molecule has 2 rings (SSSR count). The highest BCUT2D eigenvalue weighted by Crippen LogP contribution is 2.19. The molecule has 0 radical (unpaired) electrons. The van der Waals surface area contributed by atoms with Crippen LogP contribution in [0.1, 0.15) is 5.56 Å². The van der Waals surface area contributed by atoms with Gasteiger partial charge in [0.25, 0.3) is 0 Å². The number of rotatable bonds is 3. The predicted molar refractivity (Wildman–Crippen MR) is 64.0 cm³/mol. The summed E-state index contributed by atoms with van der Waals surface area (Å²) in [6, 6.07) is 16.5. The third-order valence-corrected chi connectivity index (χ3v) is 2.57. The highest BCUT2D eigenvalue weighted by atomic mass is 16.4. The van der Waals surface area contributed by atoms with Gasteiger partial charge in [0.05, 0.1) is 15.9 Å². The molecule has 88 valence electrons. The molecule has 1 N–H and O–H groups in total. The molecule has 0 heterocycles. The van der Waals surface area contributed by atoms with Gasteiger partial charge in [0.1, 0.15) is 0 Å². The van der Waals surface area contributed by atoms with Crippen LogP contribution in [-0.2, 0) is 4.79 Å². The summed E-state index contributed by atoms with van der Waals surface area (Å²) < 4.78 is 0. The summed E-state index contributed by atoms with van der Waals surface area (Å²) >= 11 is 0. The third kappa shape index (κ3) is 2.34. The van der Waals surface area contributed by atoms with Gasteiger partial charge in [-0.3, -0.25) is 0 Å². The van der Waals surface area contributed by atoms with Crippen LogP contribution in [0.15, 0.2) is 54.6 Å². The number of nitrogens with one attached hydrogen (secondary N) is 1. The van der Waals surface area contributed by atoms with E-state index >= 15 is 0 Å². The second kappa shape index (κ2) is 5.08. The Kier molecular flexibility index (Phi) is 3.32. The van der Waals surface area contributed by atoms with Crippen LogP contribution >= 0.6 is 0 Å². The number of carbonyl (C=O) groups excluding carboxylic acids is 1. The van der Waals surface area contributed by atoms with E-state index in [1.807, 2.05) is 30.3 Å². The molecule has 0 bridgehead atoms. The molecule has 0 aliphatic heterocycles. The van der Waals surface area contributed by atoms with Gasteiger partial charge >= 0.3 is 5.71 Å². The molecule has 0 fully saturated rings. The molecular weight excluding hydrogens is 228 g/mol. The molecule has 0 atom stereocenters. The lowest BCUT2D eigenvalue weighted by Crippen LogP contribution is -2.33. The molecule has 0 aliphatic carbocycles. The summed E-state index contributed by atoms with van der Waals surface area (Å²) in [6.45, 7) is 0. The van der Waals surface area contributed by atoms with Crippen LogP contribution < -0.4 is 5.11 Å². The lowest BCUT2D eigenvalue weighted by Gasteiger charge is -2.01. The zero-order valence-electron chi connectivity index (χ0n) is 9.46. The van der Waals surface area contributed by atoms with Crippen molar-refractivity contribution in [1.82, 2.24) is 0 Å². The van der Waals surface area contributed by atoms with Gasteiger partial charge in [-0.1, -0.05) is 42.5 Å². The van der Waals surface area contributed by atoms with E-state index in [-0.39, 0.29) is 5.71 Å². The van der Waals surface area contributed by atoms with Crippen LogP contribution in [0.4, 0.5) is 0 Å². The minimum atomic E-state index is -1.45. The Balaban J connectivity index is 2.37. The first-order chi connectivity index (χ1) is 8.72. The highest BCUT2D eigenvalue weighted by molar-refractivity contribution is 6.39. The van der Waals surface area contributed by atoms with E-state index in [1.54, 1.807) is 24.3 Å². The predicted octanol–water partition coefficient (Wildman–Crippen LogP) is 1.13. The van der Waals surface area contributed by atoms with Gasteiger partial charge in [0, 0.05) is 0 Å². The van der Waals surface area contributed by atoms with Gasteiger partial charge in [-0.25, -0.2) is 0 Å². The number of hydrogen-bond donors (Lipinski definition) is 1. The molecule has 0 amide bonds. The molecule has 4 heteroatoms. The lowest BCUT2D eigenvalue weighted by atomic mass is 10.0. The Labute approximate surface area is 104 Å². The number of nitrogens with zero attached hydrogens (tertiary/aromatic N) is 1. The normalized spacial score (nSPS) is 9.56. The second-order valence-corrected chi connectivity index (χ2v) is 3.69. The minimum absolute atomic E-state index is 0.365. The highest BCUT2D eigenvalue weighted by Gasteiger charge is 2.15. The molecular formula is C14H10N2O2. The summed E-state index contributed by atoms with van der Waals surface area (Å²) in [5.41, 5.74) is 8.83. The molecule has 0 saturated heterocycles. The lowest BCUT2D eigenvalue weighted by molar-refractivity contribution is -0.298. The zero-order chi connectivity index (χ0) is 13.0. The van der Waals surface area contributed by atoms with E-state index in [0.29, 0.717) is 5.56 Å². The van der Waals surface area contributed by atoms with Crippen molar-refractivity contribution in [2.45, 2.75) is 0 Å². The number of carboxylic acid groups (broad SMARTS) is 1. The first-order valence-electron chi connectivity index (χ1n) is 5.34. The molecule has 2 aromatic rings. The fourth-order valence-corrected chi connectivity index (χ4v) is 1.68. The van der Waals surface area contributed by atoms with Crippen molar-refractivity contribution < 1.29 is 14.7 Å². The summed E-state index contributed by atoms with van der Waals surface area (Å²) in [5.74, 6) is -1.45. The Hall–Kier alpha value is -2.71. The second-order valence-electron chi connectivity index (χ2n) is 3.69. The Bertz CT molecular complexity index is 612. The van der Waals surface area contributed by atoms with E-state index in [2.05, 4.69) is 4.79 Å². The molecule has 0 saturated carbocycles. The fraction of sp³-hybridized carbons (Fsp3) is 0. The smallest absolute Gasteiger partial charge is 0.394 e. The number of hydrogen-bond acceptors (Lipinski definition) is 3. The van der Waals surface area contributed by atoms with Crippen LogP contribution in [-0.4, -0.2) is 16.5 Å². The van der Waals surface area contributed by atoms with E-state index < -0.39 is 5.97 Å². The quantitative estimate of drug-likeness (QED) is 0.494. The summed E-state index contributed by atoms with van der Waals surface area (Å²) in [5, 5.41) is 10.7. The van der Waals surface area contributed by atoms with Crippen LogP contribution in [0, 0.1) is 5.53 Å². The largest absolute Gasteiger partial charge is 0.538 e. The SMILES string of the molecule is N=[N+]=C(C(=O)[O-])c1ccc(-c2ccccc2)cc1. The number of benzene rings is 2. The van der Waals surface area contributed by atoms with Gasteiger partial charge < -0.3 is 9.90 Å². The minimum Gasteiger partial charge on any atom is -0.538 e. The summed E-state index contributed by atoms with van der Waals surface area (Å²) in [6.07, 6.45) is 0. The van der Waals surface area contributed by atoms with E-state index in [1.165, 1.54) is 0 Å². The van der Waals surface area contributed by atoms with Crippen molar-refractivity contribution >= 4 is 11.7 Å². The van der Waals surface area contributed by atoms with Crippen molar-refractivity contribution in [3.05, 3.63) is 60.2 Å². The molecule has 0 aliphatic rings. The van der Waals surface area contributed by atoms with Crippen LogP contribution in [0.5, 0.6) is 0 Å². The molecule has 4 nitrogen and oxygen atoms in total. The first-order valence-corrected chi connectivity index (χ1v) is 5.34. The molecule has 18 heavy (non-hydrogen) atoms. The van der Waals surface area contributed by atoms with Crippen LogP contribution in [0.2, 0.25) is 0 Å². The van der Waals surface area contributed by atoms with E-state index in [4.69, 9.17) is 5.53 Å². The maximum Gasteiger partial charge on any atom is 0.394 e. The van der Waals surface area contributed by atoms with Crippen molar-refractivity contribution in [2.75, 3.05) is 0 Å². The van der Waals surface area contributed by atoms with Crippen molar-refractivity contribution in [3.8, 4) is 11.1 Å². The van der Waals surface area contributed by atoms with Gasteiger partial charge in [-0.15, -0.1) is 0 Å². The Morgan fingerprint density at radius 3 is 2.00 bits per heavy atom. The third-order valence-electron chi connectivity index (χ3n) is 2.57. The maximum atomic E-state index is 10.7. The molecule has 2 aromatic carbocycles. The summed E-state index contributed by atoms with van der Waals surface area (Å²) in [7, 11) is 0. The Morgan fingerprint density at radius 2 is 1.50 bits per heavy atom. The molecule has 0 spiro atoms.